The van der Waals surface area contributed by atoms with E-state index >= 15 is 0 Å². The van der Waals surface area contributed by atoms with E-state index < -0.39 is 0 Å². The minimum Gasteiger partial charge on any atom is -0.317 e. The first-order chi connectivity index (χ1) is 9.75. The highest BCUT2D eigenvalue weighted by molar-refractivity contribution is 5.85. The van der Waals surface area contributed by atoms with Gasteiger partial charge in [-0.25, -0.2) is 4.39 Å². The Balaban J connectivity index is 0.00000161. The third-order valence-electron chi connectivity index (χ3n) is 4.15. The zero-order valence-corrected chi connectivity index (χ0v) is 13.0. The summed E-state index contributed by atoms with van der Waals surface area (Å²) in [7, 11) is 2.15. The summed E-state index contributed by atoms with van der Waals surface area (Å²) in [5.74, 6) is -0.193. The average Bonchev–Trinajstić information content (AvgIpc) is 2.51. The van der Waals surface area contributed by atoms with E-state index in [2.05, 4.69) is 22.2 Å². The zero-order chi connectivity index (χ0) is 13.9. The molecule has 0 unspecified atom stereocenters. The van der Waals surface area contributed by atoms with E-state index in [1.165, 1.54) is 12.8 Å². The minimum atomic E-state index is -0.193. The van der Waals surface area contributed by atoms with Gasteiger partial charge in [-0.15, -0.1) is 12.4 Å². The van der Waals surface area contributed by atoms with Crippen molar-refractivity contribution in [3.05, 3.63) is 41.8 Å². The molecule has 3 nitrogen and oxygen atoms in total. The Kier molecular flexibility index (Phi) is 5.51. The molecule has 1 aliphatic rings. The third kappa shape index (κ3) is 3.51. The molecule has 0 atom stereocenters. The molecule has 21 heavy (non-hydrogen) atoms. The number of halogens is 2. The number of hydrogen-bond acceptors (Lipinski definition) is 3. The monoisotopic (exact) mass is 309 g/mol. The lowest BCUT2D eigenvalue weighted by atomic mass is 10.0. The van der Waals surface area contributed by atoms with Crippen LogP contribution in [-0.4, -0.2) is 36.1 Å². The van der Waals surface area contributed by atoms with Crippen LogP contribution < -0.4 is 5.32 Å². The number of aromatic nitrogens is 1. The average molecular weight is 310 g/mol. The van der Waals surface area contributed by atoms with Crippen molar-refractivity contribution in [1.82, 2.24) is 15.2 Å². The maximum absolute atomic E-state index is 13.8. The van der Waals surface area contributed by atoms with E-state index in [1.807, 2.05) is 6.07 Å². The van der Waals surface area contributed by atoms with Crippen molar-refractivity contribution in [2.24, 2.45) is 0 Å². The van der Waals surface area contributed by atoms with Crippen molar-refractivity contribution in [2.75, 3.05) is 20.1 Å². The number of benzene rings is 1. The molecule has 0 aliphatic carbocycles. The number of hydrogen-bond donors (Lipinski definition) is 1. The first kappa shape index (κ1) is 16.1. The number of pyridine rings is 1. The topological polar surface area (TPSA) is 28.2 Å². The van der Waals surface area contributed by atoms with Crippen molar-refractivity contribution in [3.8, 4) is 0 Å². The van der Waals surface area contributed by atoms with Crippen LogP contribution in [0.3, 0.4) is 0 Å². The predicted molar refractivity (Wildman–Crippen MR) is 86.3 cm³/mol. The molecule has 0 saturated carbocycles. The van der Waals surface area contributed by atoms with Crippen LogP contribution in [0, 0.1) is 5.82 Å². The van der Waals surface area contributed by atoms with Gasteiger partial charge in [0.1, 0.15) is 5.82 Å². The predicted octanol–water partition coefficient (Wildman–Crippen LogP) is 2.98. The Hall–Kier alpha value is -1.23. The molecule has 1 N–H and O–H groups in total. The Bertz CT molecular complexity index is 599. The Morgan fingerprint density at radius 2 is 2.05 bits per heavy atom. The first-order valence-electron chi connectivity index (χ1n) is 7.19. The van der Waals surface area contributed by atoms with Crippen LogP contribution in [-0.2, 0) is 6.54 Å². The van der Waals surface area contributed by atoms with Crippen LogP contribution in [0.25, 0.3) is 10.9 Å². The summed E-state index contributed by atoms with van der Waals surface area (Å²) in [6.07, 6.45) is 4.07. The second-order valence-corrected chi connectivity index (χ2v) is 5.50. The Morgan fingerprint density at radius 3 is 2.81 bits per heavy atom. The van der Waals surface area contributed by atoms with Gasteiger partial charge in [-0.1, -0.05) is 6.07 Å². The van der Waals surface area contributed by atoms with Crippen molar-refractivity contribution in [1.29, 1.82) is 0 Å². The molecule has 2 heterocycles. The smallest absolute Gasteiger partial charge is 0.132 e. The van der Waals surface area contributed by atoms with Gasteiger partial charge in [0.15, 0.2) is 0 Å². The van der Waals surface area contributed by atoms with Gasteiger partial charge >= 0.3 is 0 Å². The number of nitrogens with one attached hydrogen (secondary N) is 1. The number of fused-ring (bicyclic) bond motifs is 1. The van der Waals surface area contributed by atoms with Crippen LogP contribution >= 0.6 is 12.4 Å². The summed E-state index contributed by atoms with van der Waals surface area (Å²) in [4.78, 5) is 6.72. The highest BCUT2D eigenvalue weighted by atomic mass is 35.5. The highest BCUT2D eigenvalue weighted by Crippen LogP contribution is 2.22. The molecule has 114 valence electrons. The summed E-state index contributed by atoms with van der Waals surface area (Å²) < 4.78 is 13.8. The van der Waals surface area contributed by atoms with Gasteiger partial charge in [-0.3, -0.25) is 9.88 Å². The molecule has 0 spiro atoms. The molecule has 1 aromatic carbocycles. The van der Waals surface area contributed by atoms with E-state index in [9.17, 15) is 4.39 Å². The van der Waals surface area contributed by atoms with Crippen molar-refractivity contribution >= 4 is 23.3 Å². The summed E-state index contributed by atoms with van der Waals surface area (Å²) in [6, 6.07) is 7.59. The lowest BCUT2D eigenvalue weighted by molar-refractivity contribution is 0.192. The Morgan fingerprint density at radius 1 is 1.29 bits per heavy atom. The van der Waals surface area contributed by atoms with Crippen molar-refractivity contribution < 1.29 is 4.39 Å². The fourth-order valence-electron chi connectivity index (χ4n) is 2.97. The van der Waals surface area contributed by atoms with Gasteiger partial charge in [-0.05, 0) is 56.7 Å². The number of nitrogens with zero attached hydrogens (tertiary/aromatic N) is 2. The van der Waals surface area contributed by atoms with E-state index in [-0.39, 0.29) is 18.2 Å². The van der Waals surface area contributed by atoms with Crippen LogP contribution in [0.2, 0.25) is 0 Å². The van der Waals surface area contributed by atoms with Gasteiger partial charge in [-0.2, -0.15) is 0 Å². The van der Waals surface area contributed by atoms with E-state index in [0.29, 0.717) is 11.4 Å². The summed E-state index contributed by atoms with van der Waals surface area (Å²) in [5, 5.41) is 4.00. The zero-order valence-electron chi connectivity index (χ0n) is 12.2. The van der Waals surface area contributed by atoms with Crippen LogP contribution in [0.1, 0.15) is 18.4 Å². The van der Waals surface area contributed by atoms with Gasteiger partial charge in [0, 0.05) is 24.2 Å². The highest BCUT2D eigenvalue weighted by Gasteiger charge is 2.18. The summed E-state index contributed by atoms with van der Waals surface area (Å²) in [6.45, 7) is 2.98. The molecule has 1 fully saturated rings. The maximum atomic E-state index is 13.8. The van der Waals surface area contributed by atoms with Crippen molar-refractivity contribution in [2.45, 2.75) is 25.4 Å². The summed E-state index contributed by atoms with van der Waals surface area (Å²) in [5.41, 5.74) is 1.89. The quantitative estimate of drug-likeness (QED) is 0.945. The molecule has 1 saturated heterocycles. The lowest BCUT2D eigenvalue weighted by Crippen LogP contribution is -2.40. The molecule has 1 aromatic heterocycles. The molecule has 5 heteroatoms. The van der Waals surface area contributed by atoms with Gasteiger partial charge in [0.25, 0.3) is 0 Å². The normalized spacial score (nSPS) is 16.1. The molecule has 0 radical (unpaired) electrons. The fourth-order valence-corrected chi connectivity index (χ4v) is 2.97. The van der Waals surface area contributed by atoms with Crippen molar-refractivity contribution in [3.63, 3.8) is 0 Å². The van der Waals surface area contributed by atoms with Crippen LogP contribution in [0.5, 0.6) is 0 Å². The molecule has 2 aromatic rings. The molecular formula is C16H21ClFN3. The Labute approximate surface area is 131 Å². The second kappa shape index (κ2) is 7.16. The fraction of sp³-hybridized carbons (Fsp3) is 0.438. The first-order valence-corrected chi connectivity index (χ1v) is 7.19. The maximum Gasteiger partial charge on any atom is 0.132 e. The van der Waals surface area contributed by atoms with E-state index in [4.69, 9.17) is 0 Å². The number of piperidine rings is 1. The SMILES string of the molecule is CN(Cc1ccc(F)c2cccnc12)C1CCNCC1.Cl. The van der Waals surface area contributed by atoms with Crippen LogP contribution in [0.4, 0.5) is 4.39 Å². The van der Waals surface area contributed by atoms with Crippen LogP contribution in [0.15, 0.2) is 30.5 Å². The van der Waals surface area contributed by atoms with E-state index in [0.717, 1.165) is 30.7 Å². The van der Waals surface area contributed by atoms with Gasteiger partial charge in [0.05, 0.1) is 5.52 Å². The lowest BCUT2D eigenvalue weighted by Gasteiger charge is -2.31. The number of rotatable bonds is 3. The molecule has 0 amide bonds. The minimum absolute atomic E-state index is 0. The van der Waals surface area contributed by atoms with E-state index in [1.54, 1.807) is 24.4 Å². The third-order valence-corrected chi connectivity index (χ3v) is 4.15. The second-order valence-electron chi connectivity index (χ2n) is 5.50. The standard InChI is InChI=1S/C16H20FN3.ClH/c1-20(13-6-9-18-10-7-13)11-12-4-5-15(17)14-3-2-8-19-16(12)14;/h2-5,8,13,18H,6-7,9-11H2,1H3;1H. The summed E-state index contributed by atoms with van der Waals surface area (Å²) >= 11 is 0. The van der Waals surface area contributed by atoms with Gasteiger partial charge in [0.2, 0.25) is 0 Å². The van der Waals surface area contributed by atoms with Gasteiger partial charge < -0.3 is 5.32 Å². The molecular weight excluding hydrogens is 289 g/mol. The molecule has 1 aliphatic heterocycles. The largest absolute Gasteiger partial charge is 0.317 e. The molecule has 3 rings (SSSR count). The molecule has 0 bridgehead atoms.